The van der Waals surface area contributed by atoms with Gasteiger partial charge in [0.15, 0.2) is 5.11 Å². The van der Waals surface area contributed by atoms with Gasteiger partial charge in [0.2, 0.25) is 0 Å². The highest BCUT2D eigenvalue weighted by molar-refractivity contribution is 7.80. The van der Waals surface area contributed by atoms with E-state index in [1.165, 1.54) is 53.4 Å². The molecule has 2 aromatic carbocycles. The average Bonchev–Trinajstić information content (AvgIpc) is 3.02. The van der Waals surface area contributed by atoms with E-state index in [4.69, 9.17) is 23.8 Å². The number of H-pyrrole nitrogens is 1. The molecular weight excluding hydrogens is 362 g/mol. The summed E-state index contributed by atoms with van der Waals surface area (Å²) in [5.74, 6) is 0. The molecule has 0 saturated heterocycles. The quantitative estimate of drug-likeness (QED) is 0.523. The Morgan fingerprint density at radius 3 is 2.92 bits per heavy atom. The number of fused-ring (bicyclic) bond motifs is 3. The molecule has 0 atom stereocenters. The first-order valence-electron chi connectivity index (χ1n) is 9.04. The van der Waals surface area contributed by atoms with E-state index < -0.39 is 0 Å². The number of benzene rings is 2. The fraction of sp³-hybridized carbons (Fsp3) is 0.286. The van der Waals surface area contributed by atoms with Crippen LogP contribution in [0.2, 0.25) is 5.02 Å². The first-order valence-corrected chi connectivity index (χ1v) is 9.83. The second kappa shape index (κ2) is 7.29. The average molecular weight is 384 g/mol. The lowest BCUT2D eigenvalue weighted by molar-refractivity contribution is 0.680. The Morgan fingerprint density at radius 2 is 2.04 bits per heavy atom. The Labute approximate surface area is 164 Å². The highest BCUT2D eigenvalue weighted by atomic mass is 35.5. The summed E-state index contributed by atoms with van der Waals surface area (Å²) in [6.07, 6.45) is 4.93. The van der Waals surface area contributed by atoms with Gasteiger partial charge < -0.3 is 15.6 Å². The number of nitrogens with one attached hydrogen (secondary N) is 3. The topological polar surface area (TPSA) is 39.8 Å². The summed E-state index contributed by atoms with van der Waals surface area (Å²) in [5, 5.41) is 9.24. The molecule has 1 aliphatic rings. The first kappa shape index (κ1) is 17.4. The molecule has 0 saturated carbocycles. The van der Waals surface area contributed by atoms with Gasteiger partial charge in [0.25, 0.3) is 0 Å². The molecule has 3 aromatic rings. The summed E-state index contributed by atoms with van der Waals surface area (Å²) in [6.45, 7) is 2.68. The number of thiocarbonyl (C=S) groups is 1. The minimum absolute atomic E-state index is 0.603. The van der Waals surface area contributed by atoms with Crippen LogP contribution in [0.15, 0.2) is 36.4 Å². The van der Waals surface area contributed by atoms with Crippen LogP contribution in [0.1, 0.15) is 35.2 Å². The Balaban J connectivity index is 1.45. The minimum Gasteiger partial charge on any atom is -0.358 e. The smallest absolute Gasteiger partial charge is 0.171 e. The minimum atomic E-state index is 0.603. The molecule has 1 heterocycles. The zero-order chi connectivity index (χ0) is 18.1. The molecule has 3 N–H and O–H groups in total. The van der Waals surface area contributed by atoms with E-state index in [1.807, 2.05) is 25.1 Å². The van der Waals surface area contributed by atoms with Crippen LogP contribution in [0.5, 0.6) is 0 Å². The second-order valence-corrected chi connectivity index (χ2v) is 7.70. The monoisotopic (exact) mass is 383 g/mol. The van der Waals surface area contributed by atoms with Gasteiger partial charge >= 0.3 is 0 Å². The van der Waals surface area contributed by atoms with Crippen LogP contribution in [0.3, 0.4) is 0 Å². The molecule has 0 bridgehead atoms. The fourth-order valence-corrected chi connectivity index (χ4v) is 4.01. The Hall–Kier alpha value is -2.04. The first-order chi connectivity index (χ1) is 12.6. The SMILES string of the molecule is Cc1c(Cl)cccc1NC(=S)NCc1ccc2[nH]c3c(c2c1)CCCC3. The van der Waals surface area contributed by atoms with Gasteiger partial charge in [0.05, 0.1) is 0 Å². The van der Waals surface area contributed by atoms with Gasteiger partial charge in [0.1, 0.15) is 0 Å². The molecule has 26 heavy (non-hydrogen) atoms. The van der Waals surface area contributed by atoms with E-state index in [0.717, 1.165) is 16.3 Å². The molecule has 0 fully saturated rings. The summed E-state index contributed by atoms with van der Waals surface area (Å²) in [5.41, 5.74) is 7.34. The molecule has 4 rings (SSSR count). The van der Waals surface area contributed by atoms with Crippen molar-refractivity contribution in [3.63, 3.8) is 0 Å². The summed E-state index contributed by atoms with van der Waals surface area (Å²) in [4.78, 5) is 3.58. The van der Waals surface area contributed by atoms with Gasteiger partial charge in [-0.25, -0.2) is 0 Å². The van der Waals surface area contributed by atoms with E-state index in [-0.39, 0.29) is 0 Å². The maximum Gasteiger partial charge on any atom is 0.171 e. The summed E-state index contributed by atoms with van der Waals surface area (Å²) < 4.78 is 0. The van der Waals surface area contributed by atoms with Crippen molar-refractivity contribution in [3.05, 3.63) is 63.8 Å². The summed E-state index contributed by atoms with van der Waals surface area (Å²) >= 11 is 11.6. The van der Waals surface area contributed by atoms with E-state index in [0.29, 0.717) is 11.7 Å². The molecule has 0 amide bonds. The van der Waals surface area contributed by atoms with Crippen LogP contribution in [0.4, 0.5) is 5.69 Å². The Kier molecular flexibility index (Phi) is 4.88. The molecular formula is C21H22ClN3S. The van der Waals surface area contributed by atoms with Crippen LogP contribution in [-0.2, 0) is 19.4 Å². The lowest BCUT2D eigenvalue weighted by Crippen LogP contribution is -2.28. The van der Waals surface area contributed by atoms with E-state index in [2.05, 4.69) is 33.8 Å². The molecule has 0 aliphatic heterocycles. The molecule has 0 spiro atoms. The predicted octanol–water partition coefficient (Wildman–Crippen LogP) is 5.50. The lowest BCUT2D eigenvalue weighted by atomic mass is 9.95. The summed E-state index contributed by atoms with van der Waals surface area (Å²) in [6, 6.07) is 12.4. The van der Waals surface area contributed by atoms with Crippen LogP contribution >= 0.6 is 23.8 Å². The normalized spacial score (nSPS) is 13.5. The molecule has 1 aliphatic carbocycles. The number of hydrogen-bond donors (Lipinski definition) is 3. The van der Waals surface area contributed by atoms with Gasteiger partial charge in [-0.3, -0.25) is 0 Å². The van der Waals surface area contributed by atoms with Crippen LogP contribution in [0, 0.1) is 6.92 Å². The number of aromatic amines is 1. The maximum atomic E-state index is 6.17. The Bertz CT molecular complexity index is 977. The fourth-order valence-electron chi connectivity index (χ4n) is 3.65. The molecule has 0 radical (unpaired) electrons. The molecule has 134 valence electrons. The van der Waals surface area contributed by atoms with Crippen molar-refractivity contribution in [2.75, 3.05) is 5.32 Å². The Morgan fingerprint density at radius 1 is 1.19 bits per heavy atom. The predicted molar refractivity (Wildman–Crippen MR) is 114 cm³/mol. The molecule has 3 nitrogen and oxygen atoms in total. The largest absolute Gasteiger partial charge is 0.358 e. The number of halogens is 1. The second-order valence-electron chi connectivity index (χ2n) is 6.89. The number of hydrogen-bond acceptors (Lipinski definition) is 1. The van der Waals surface area contributed by atoms with Gasteiger partial charge in [-0.1, -0.05) is 23.7 Å². The molecule has 1 aromatic heterocycles. The zero-order valence-corrected chi connectivity index (χ0v) is 16.4. The third kappa shape index (κ3) is 3.44. The van der Waals surface area contributed by atoms with Crippen molar-refractivity contribution in [1.29, 1.82) is 0 Å². The van der Waals surface area contributed by atoms with Gasteiger partial charge in [-0.15, -0.1) is 0 Å². The molecule has 0 unspecified atom stereocenters. The highest BCUT2D eigenvalue weighted by Gasteiger charge is 2.15. The van der Waals surface area contributed by atoms with Crippen LogP contribution in [0.25, 0.3) is 10.9 Å². The van der Waals surface area contributed by atoms with Crippen LogP contribution in [-0.4, -0.2) is 10.1 Å². The van der Waals surface area contributed by atoms with E-state index >= 15 is 0 Å². The number of aromatic nitrogens is 1. The van der Waals surface area contributed by atoms with Crippen molar-refractivity contribution in [3.8, 4) is 0 Å². The molecule has 5 heteroatoms. The van der Waals surface area contributed by atoms with Crippen molar-refractivity contribution >= 4 is 45.5 Å². The summed E-state index contributed by atoms with van der Waals surface area (Å²) in [7, 11) is 0. The van der Waals surface area contributed by atoms with Gasteiger partial charge in [-0.05, 0) is 85.8 Å². The zero-order valence-electron chi connectivity index (χ0n) is 14.8. The van der Waals surface area contributed by atoms with Gasteiger partial charge in [0, 0.05) is 33.9 Å². The van der Waals surface area contributed by atoms with E-state index in [1.54, 1.807) is 0 Å². The van der Waals surface area contributed by atoms with Crippen molar-refractivity contribution in [2.45, 2.75) is 39.2 Å². The number of aryl methyl sites for hydroxylation is 2. The number of anilines is 1. The number of rotatable bonds is 3. The van der Waals surface area contributed by atoms with Crippen molar-refractivity contribution < 1.29 is 0 Å². The third-order valence-corrected chi connectivity index (χ3v) is 5.79. The van der Waals surface area contributed by atoms with Crippen LogP contribution < -0.4 is 10.6 Å². The van der Waals surface area contributed by atoms with Crippen molar-refractivity contribution in [1.82, 2.24) is 10.3 Å². The maximum absolute atomic E-state index is 6.17. The highest BCUT2D eigenvalue weighted by Crippen LogP contribution is 2.29. The van der Waals surface area contributed by atoms with E-state index in [9.17, 15) is 0 Å². The lowest BCUT2D eigenvalue weighted by Gasteiger charge is -2.13. The third-order valence-electron chi connectivity index (χ3n) is 5.13. The van der Waals surface area contributed by atoms with Gasteiger partial charge in [-0.2, -0.15) is 0 Å². The van der Waals surface area contributed by atoms with Crippen molar-refractivity contribution in [2.24, 2.45) is 0 Å². The standard InChI is InChI=1S/C21H22ClN3S/c1-13-17(22)6-4-8-18(13)25-21(26)23-12-14-9-10-20-16(11-14)15-5-2-3-7-19(15)24-20/h4,6,8-11,24H,2-3,5,7,12H2,1H3,(H2,23,25,26).